The van der Waals surface area contributed by atoms with E-state index in [9.17, 15) is 13.2 Å². The van der Waals surface area contributed by atoms with Crippen LogP contribution in [0.25, 0.3) is 0 Å². The number of sulfonamides is 1. The first-order chi connectivity index (χ1) is 8.80. The quantitative estimate of drug-likeness (QED) is 0.873. The minimum Gasteiger partial charge on any atom is -0.478 e. The summed E-state index contributed by atoms with van der Waals surface area (Å²) in [6.45, 7) is 1.60. The van der Waals surface area contributed by atoms with Crippen LogP contribution in [0.5, 0.6) is 0 Å². The van der Waals surface area contributed by atoms with Crippen molar-refractivity contribution >= 4 is 16.0 Å². The molecule has 19 heavy (non-hydrogen) atoms. The highest BCUT2D eigenvalue weighted by atomic mass is 32.2. The molecule has 0 bridgehead atoms. The molecule has 1 N–H and O–H groups in total. The maximum atomic E-state index is 12.3. The zero-order valence-electron chi connectivity index (χ0n) is 10.6. The summed E-state index contributed by atoms with van der Waals surface area (Å²) in [5, 5.41) is 17.7. The van der Waals surface area contributed by atoms with Gasteiger partial charge in [-0.3, -0.25) is 0 Å². The predicted molar refractivity (Wildman–Crippen MR) is 68.0 cm³/mol. The fourth-order valence-corrected chi connectivity index (χ4v) is 3.00. The van der Waals surface area contributed by atoms with Crippen LogP contribution in [-0.4, -0.2) is 37.4 Å². The first-order valence-corrected chi connectivity index (χ1v) is 6.93. The minimum absolute atomic E-state index is 0.00673. The number of nitrogens with zero attached hydrogens (tertiary/aromatic N) is 2. The monoisotopic (exact) mass is 282 g/mol. The molecule has 0 aromatic heterocycles. The van der Waals surface area contributed by atoms with Crippen molar-refractivity contribution in [1.29, 1.82) is 5.26 Å². The van der Waals surface area contributed by atoms with Crippen LogP contribution in [0.4, 0.5) is 0 Å². The first kappa shape index (κ1) is 15.1. The molecule has 1 aromatic carbocycles. The Hall–Kier alpha value is -1.91. The van der Waals surface area contributed by atoms with Crippen LogP contribution >= 0.6 is 0 Å². The van der Waals surface area contributed by atoms with Crippen molar-refractivity contribution in [3.05, 3.63) is 29.8 Å². The van der Waals surface area contributed by atoms with E-state index in [-0.39, 0.29) is 17.0 Å². The lowest BCUT2D eigenvalue weighted by atomic mass is 10.2. The van der Waals surface area contributed by atoms with Gasteiger partial charge in [0.1, 0.15) is 0 Å². The van der Waals surface area contributed by atoms with Crippen molar-refractivity contribution in [2.24, 2.45) is 5.92 Å². The molecule has 0 amide bonds. The number of rotatable bonds is 5. The predicted octanol–water partition coefficient (Wildman–Crippen LogP) is 1.16. The van der Waals surface area contributed by atoms with Gasteiger partial charge in [0, 0.05) is 13.6 Å². The van der Waals surface area contributed by atoms with Gasteiger partial charge in [-0.2, -0.15) is 9.57 Å². The van der Waals surface area contributed by atoms with Crippen LogP contribution < -0.4 is 0 Å². The van der Waals surface area contributed by atoms with Gasteiger partial charge in [-0.05, 0) is 19.1 Å². The Morgan fingerprint density at radius 3 is 2.58 bits per heavy atom. The maximum Gasteiger partial charge on any atom is 0.337 e. The Bertz CT molecular complexity index is 619. The molecular weight excluding hydrogens is 268 g/mol. The Balaban J connectivity index is 3.22. The number of carbonyl (C=O) groups is 1. The van der Waals surface area contributed by atoms with E-state index in [1.54, 1.807) is 6.92 Å². The van der Waals surface area contributed by atoms with Crippen LogP contribution in [0.1, 0.15) is 17.3 Å². The van der Waals surface area contributed by atoms with E-state index in [0.29, 0.717) is 0 Å². The number of carboxylic acids is 1. The second kappa shape index (κ2) is 5.82. The van der Waals surface area contributed by atoms with Gasteiger partial charge < -0.3 is 5.11 Å². The number of benzene rings is 1. The second-order valence-corrected chi connectivity index (χ2v) is 6.13. The molecule has 1 unspecified atom stereocenters. The molecule has 6 nitrogen and oxygen atoms in total. The summed E-state index contributed by atoms with van der Waals surface area (Å²) in [5.41, 5.74) is -0.279. The molecule has 0 aliphatic rings. The van der Waals surface area contributed by atoms with Gasteiger partial charge in [0.25, 0.3) is 0 Å². The van der Waals surface area contributed by atoms with E-state index in [4.69, 9.17) is 10.4 Å². The molecule has 1 aromatic rings. The molecular formula is C12H14N2O4S. The fraction of sp³-hybridized carbons (Fsp3) is 0.333. The summed E-state index contributed by atoms with van der Waals surface area (Å²) < 4.78 is 25.5. The Kier molecular flexibility index (Phi) is 4.64. The number of nitriles is 1. The molecule has 0 radical (unpaired) electrons. The standard InChI is InChI=1S/C12H14N2O4S/c1-9(7-13)8-14(2)19(17,18)11-6-4-3-5-10(11)12(15)16/h3-6,9H,8H2,1-2H3,(H,15,16). The zero-order chi connectivity index (χ0) is 14.6. The highest BCUT2D eigenvalue weighted by Crippen LogP contribution is 2.20. The van der Waals surface area contributed by atoms with Gasteiger partial charge in [-0.15, -0.1) is 0 Å². The SMILES string of the molecule is CC(C#N)CN(C)S(=O)(=O)c1ccccc1C(=O)O. The molecule has 1 rings (SSSR count). The maximum absolute atomic E-state index is 12.3. The normalized spacial score (nSPS) is 12.9. The van der Waals surface area contributed by atoms with Crippen LogP contribution in [0.3, 0.4) is 0 Å². The summed E-state index contributed by atoms with van der Waals surface area (Å²) in [6.07, 6.45) is 0. The topological polar surface area (TPSA) is 98.5 Å². The third-order valence-corrected chi connectivity index (χ3v) is 4.44. The molecule has 7 heteroatoms. The summed E-state index contributed by atoms with van der Waals surface area (Å²) in [5.74, 6) is -1.78. The van der Waals surface area contributed by atoms with Gasteiger partial charge in [0.05, 0.1) is 22.4 Å². The average Bonchev–Trinajstić information content (AvgIpc) is 2.38. The third-order valence-electron chi connectivity index (χ3n) is 2.56. The van der Waals surface area contributed by atoms with E-state index in [1.807, 2.05) is 6.07 Å². The Morgan fingerprint density at radius 2 is 2.05 bits per heavy atom. The number of hydrogen-bond acceptors (Lipinski definition) is 4. The van der Waals surface area contributed by atoms with E-state index >= 15 is 0 Å². The van der Waals surface area contributed by atoms with Crippen molar-refractivity contribution in [3.8, 4) is 6.07 Å². The molecule has 0 heterocycles. The summed E-state index contributed by atoms with van der Waals surface area (Å²) in [6, 6.07) is 7.33. The number of aromatic carboxylic acids is 1. The third kappa shape index (κ3) is 3.30. The molecule has 1 atom stereocenters. The van der Waals surface area contributed by atoms with Crippen molar-refractivity contribution in [1.82, 2.24) is 4.31 Å². The summed E-state index contributed by atoms with van der Waals surface area (Å²) in [7, 11) is -2.60. The second-order valence-electron chi connectivity index (χ2n) is 4.12. The molecule has 0 saturated carbocycles. The van der Waals surface area contributed by atoms with E-state index in [2.05, 4.69) is 0 Å². The number of carboxylic acid groups (broad SMARTS) is 1. The average molecular weight is 282 g/mol. The summed E-state index contributed by atoms with van der Waals surface area (Å²) >= 11 is 0. The van der Waals surface area contributed by atoms with Gasteiger partial charge >= 0.3 is 5.97 Å². The summed E-state index contributed by atoms with van der Waals surface area (Å²) in [4.78, 5) is 10.8. The smallest absolute Gasteiger partial charge is 0.337 e. The van der Waals surface area contributed by atoms with Crippen molar-refractivity contribution < 1.29 is 18.3 Å². The Labute approximate surface area is 111 Å². The molecule has 0 saturated heterocycles. The first-order valence-electron chi connectivity index (χ1n) is 5.49. The highest BCUT2D eigenvalue weighted by molar-refractivity contribution is 7.89. The minimum atomic E-state index is -3.92. The van der Waals surface area contributed by atoms with Crippen LogP contribution in [0.2, 0.25) is 0 Å². The zero-order valence-corrected chi connectivity index (χ0v) is 11.4. The van der Waals surface area contributed by atoms with Gasteiger partial charge in [0.15, 0.2) is 0 Å². The van der Waals surface area contributed by atoms with Gasteiger partial charge in [0.2, 0.25) is 10.0 Å². The van der Waals surface area contributed by atoms with Crippen molar-refractivity contribution in [3.63, 3.8) is 0 Å². The lowest BCUT2D eigenvalue weighted by molar-refractivity contribution is 0.0692. The van der Waals surface area contributed by atoms with Crippen LogP contribution in [0.15, 0.2) is 29.2 Å². The Morgan fingerprint density at radius 1 is 1.47 bits per heavy atom. The van der Waals surface area contributed by atoms with E-state index in [0.717, 1.165) is 4.31 Å². The van der Waals surface area contributed by atoms with Crippen molar-refractivity contribution in [2.45, 2.75) is 11.8 Å². The van der Waals surface area contributed by atoms with Gasteiger partial charge in [-0.1, -0.05) is 12.1 Å². The van der Waals surface area contributed by atoms with E-state index in [1.165, 1.54) is 31.3 Å². The molecule has 102 valence electrons. The van der Waals surface area contributed by atoms with Crippen molar-refractivity contribution in [2.75, 3.05) is 13.6 Å². The van der Waals surface area contributed by atoms with Crippen LogP contribution in [0, 0.1) is 17.2 Å². The lowest BCUT2D eigenvalue weighted by Gasteiger charge is -2.19. The lowest BCUT2D eigenvalue weighted by Crippen LogP contribution is -2.31. The fourth-order valence-electron chi connectivity index (χ4n) is 1.56. The van der Waals surface area contributed by atoms with Gasteiger partial charge in [-0.25, -0.2) is 13.2 Å². The van der Waals surface area contributed by atoms with E-state index < -0.39 is 21.9 Å². The largest absolute Gasteiger partial charge is 0.478 e. The molecule has 0 fully saturated rings. The van der Waals surface area contributed by atoms with Crippen LogP contribution in [-0.2, 0) is 10.0 Å². The molecule has 0 spiro atoms. The number of hydrogen-bond donors (Lipinski definition) is 1. The highest BCUT2D eigenvalue weighted by Gasteiger charge is 2.27. The molecule has 0 aliphatic carbocycles. The molecule has 0 aliphatic heterocycles.